The monoisotopic (exact) mass is 619 g/mol. The maximum Gasteiger partial charge on any atom is 0.407 e. The maximum atomic E-state index is 14.5. The summed E-state index contributed by atoms with van der Waals surface area (Å²) in [5.74, 6) is -0.473. The summed E-state index contributed by atoms with van der Waals surface area (Å²) < 4.78 is 5.79. The number of rotatable bonds is 8. The molecule has 0 unspecified atom stereocenters. The highest BCUT2D eigenvalue weighted by Crippen LogP contribution is 2.33. The second-order valence-electron chi connectivity index (χ2n) is 13.5. The summed E-state index contributed by atoms with van der Waals surface area (Å²) >= 11 is 0. The number of benzene rings is 2. The highest BCUT2D eigenvalue weighted by atomic mass is 16.5. The second-order valence-corrected chi connectivity index (χ2v) is 13.5. The van der Waals surface area contributed by atoms with Gasteiger partial charge in [-0.1, -0.05) is 69.3 Å². The van der Waals surface area contributed by atoms with Crippen molar-refractivity contribution in [3.63, 3.8) is 0 Å². The van der Waals surface area contributed by atoms with Crippen LogP contribution in [0.1, 0.15) is 70.2 Å². The maximum absolute atomic E-state index is 14.5. The summed E-state index contributed by atoms with van der Waals surface area (Å²) in [6, 6.07) is 13.5. The number of fused-ring (bicyclic) bond motifs is 2. The number of carbonyl (C=O) groups is 4. The molecule has 3 aliphatic rings. The molecule has 0 bridgehead atoms. The number of nitrogens with one attached hydrogen (secondary N) is 2. The average Bonchev–Trinajstić information content (AvgIpc) is 3.49. The predicted molar refractivity (Wildman–Crippen MR) is 169 cm³/mol. The van der Waals surface area contributed by atoms with Crippen LogP contribution in [0.2, 0.25) is 0 Å². The first-order valence-corrected chi connectivity index (χ1v) is 15.8. The van der Waals surface area contributed by atoms with Gasteiger partial charge in [-0.25, -0.2) is 4.79 Å². The van der Waals surface area contributed by atoms with E-state index in [1.165, 1.54) is 6.92 Å². The Labute approximate surface area is 264 Å². The lowest BCUT2D eigenvalue weighted by Gasteiger charge is -2.44. The molecule has 2 aromatic rings. The minimum atomic E-state index is -1.21. The highest BCUT2D eigenvalue weighted by molar-refractivity contribution is 5.94. The summed E-state index contributed by atoms with van der Waals surface area (Å²) in [6.07, 6.45) is 1.32. The van der Waals surface area contributed by atoms with Gasteiger partial charge in [-0.05, 0) is 43.4 Å². The number of nitrogens with zero attached hydrogens (tertiary/aromatic N) is 3. The van der Waals surface area contributed by atoms with Gasteiger partial charge >= 0.3 is 6.09 Å². The third kappa shape index (κ3) is 7.41. The molecule has 11 heteroatoms. The molecular formula is C34H45N5O6. The molecule has 4 amide bonds. The van der Waals surface area contributed by atoms with Crippen LogP contribution < -0.4 is 15.4 Å². The van der Waals surface area contributed by atoms with E-state index in [1.54, 1.807) is 29.2 Å². The summed E-state index contributed by atoms with van der Waals surface area (Å²) in [7, 11) is 0. The van der Waals surface area contributed by atoms with E-state index in [4.69, 9.17) is 4.74 Å². The van der Waals surface area contributed by atoms with Gasteiger partial charge in [0.25, 0.3) is 5.91 Å². The lowest BCUT2D eigenvalue weighted by Crippen LogP contribution is -2.64. The van der Waals surface area contributed by atoms with Crippen LogP contribution in [0.4, 0.5) is 4.79 Å². The standard InChI is InChI=1S/C34H45N5O6/c1-22(39(33(43)44)21-34(2,3)4)30(40)36-29(23-11-6-5-7-12-23)32(42)38-19-24-13-10-17-37(24)20-27(38)31(41)35-26-16-18-45-28-15-9-8-14-25(26)28/h5-9,11-12,14-15,22,24,26-27,29H,10,13,16-21H2,1-4H3,(H,35,41)(H,36,40)(H,43,44)/t22-,24+,26+,27-,29-/m0/s1. The van der Waals surface area contributed by atoms with E-state index < -0.39 is 36.0 Å². The van der Waals surface area contributed by atoms with E-state index in [1.807, 2.05) is 51.1 Å². The molecule has 0 spiro atoms. The van der Waals surface area contributed by atoms with Crippen molar-refractivity contribution in [3.05, 3.63) is 65.7 Å². The van der Waals surface area contributed by atoms with Crippen molar-refractivity contribution < 1.29 is 29.0 Å². The van der Waals surface area contributed by atoms with Crippen LogP contribution in [0.5, 0.6) is 5.75 Å². The predicted octanol–water partition coefficient (Wildman–Crippen LogP) is 3.57. The Morgan fingerprint density at radius 2 is 1.73 bits per heavy atom. The van der Waals surface area contributed by atoms with Crippen LogP contribution in [0, 0.1) is 5.41 Å². The number of hydrogen-bond acceptors (Lipinski definition) is 6. The van der Waals surface area contributed by atoms with Gasteiger partial charge in [0.1, 0.15) is 23.9 Å². The molecular weight excluding hydrogens is 574 g/mol. The van der Waals surface area contributed by atoms with E-state index in [-0.39, 0.29) is 30.0 Å². The van der Waals surface area contributed by atoms with Gasteiger partial charge in [-0.2, -0.15) is 0 Å². The number of carbonyl (C=O) groups excluding carboxylic acids is 3. The molecule has 3 N–H and O–H groups in total. The molecule has 0 saturated carbocycles. The highest BCUT2D eigenvalue weighted by Gasteiger charge is 2.45. The van der Waals surface area contributed by atoms with Crippen molar-refractivity contribution in [3.8, 4) is 5.75 Å². The van der Waals surface area contributed by atoms with Crippen molar-refractivity contribution in [1.82, 2.24) is 25.3 Å². The van der Waals surface area contributed by atoms with E-state index in [0.717, 1.165) is 35.6 Å². The van der Waals surface area contributed by atoms with Crippen LogP contribution in [-0.2, 0) is 14.4 Å². The van der Waals surface area contributed by atoms with Gasteiger partial charge in [-0.15, -0.1) is 0 Å². The normalized spacial score (nSPS) is 22.7. The third-order valence-corrected chi connectivity index (χ3v) is 8.95. The summed E-state index contributed by atoms with van der Waals surface area (Å²) in [6.45, 7) is 9.48. The largest absolute Gasteiger partial charge is 0.493 e. The van der Waals surface area contributed by atoms with Gasteiger partial charge in [0.2, 0.25) is 11.8 Å². The van der Waals surface area contributed by atoms with Crippen molar-refractivity contribution in [2.75, 3.05) is 32.8 Å². The van der Waals surface area contributed by atoms with Crippen LogP contribution in [0.25, 0.3) is 0 Å². The van der Waals surface area contributed by atoms with Gasteiger partial charge in [0.05, 0.1) is 12.6 Å². The molecule has 45 heavy (non-hydrogen) atoms. The smallest absolute Gasteiger partial charge is 0.407 e. The third-order valence-electron chi connectivity index (χ3n) is 8.95. The van der Waals surface area contributed by atoms with Crippen LogP contribution in [0.15, 0.2) is 54.6 Å². The Balaban J connectivity index is 1.41. The number of amides is 4. The van der Waals surface area contributed by atoms with Crippen molar-refractivity contribution >= 4 is 23.8 Å². The van der Waals surface area contributed by atoms with E-state index in [0.29, 0.717) is 31.7 Å². The zero-order chi connectivity index (χ0) is 32.3. The Morgan fingerprint density at radius 1 is 1.02 bits per heavy atom. The molecule has 5 rings (SSSR count). The summed E-state index contributed by atoms with van der Waals surface area (Å²) in [5, 5.41) is 16.0. The minimum absolute atomic E-state index is 0.127. The Hall–Kier alpha value is -4.12. The fourth-order valence-corrected chi connectivity index (χ4v) is 6.63. The number of carboxylic acid groups (broad SMARTS) is 1. The van der Waals surface area contributed by atoms with Crippen molar-refractivity contribution in [1.29, 1.82) is 0 Å². The first-order chi connectivity index (χ1) is 21.4. The molecule has 2 aromatic carbocycles. The number of para-hydroxylation sites is 1. The summed E-state index contributed by atoms with van der Waals surface area (Å²) in [4.78, 5) is 59.4. The van der Waals surface area contributed by atoms with E-state index in [9.17, 15) is 24.3 Å². The average molecular weight is 620 g/mol. The van der Waals surface area contributed by atoms with Crippen molar-refractivity contribution in [2.45, 2.75) is 77.2 Å². The minimum Gasteiger partial charge on any atom is -0.493 e. The fourth-order valence-electron chi connectivity index (χ4n) is 6.63. The molecule has 3 aliphatic heterocycles. The molecule has 0 aliphatic carbocycles. The Bertz CT molecular complexity index is 1390. The molecule has 5 atom stereocenters. The molecule has 11 nitrogen and oxygen atoms in total. The van der Waals surface area contributed by atoms with E-state index in [2.05, 4.69) is 15.5 Å². The Morgan fingerprint density at radius 3 is 2.44 bits per heavy atom. The molecule has 242 valence electrons. The van der Waals surface area contributed by atoms with Crippen LogP contribution >= 0.6 is 0 Å². The van der Waals surface area contributed by atoms with Crippen LogP contribution in [-0.4, -0.2) is 94.5 Å². The lowest BCUT2D eigenvalue weighted by molar-refractivity contribution is -0.148. The SMILES string of the molecule is C[C@@H](C(=O)N[C@H](C(=O)N1C[C@H]2CCCN2C[C@H]1C(=O)N[C@@H]1CCOc2ccccc21)c1ccccc1)N(CC(C)(C)C)C(=O)O. The van der Waals surface area contributed by atoms with Gasteiger partial charge in [0.15, 0.2) is 0 Å². The zero-order valence-electron chi connectivity index (χ0n) is 26.6. The molecule has 2 fully saturated rings. The molecule has 0 aromatic heterocycles. The topological polar surface area (TPSA) is 132 Å². The quantitative estimate of drug-likeness (QED) is 0.412. The lowest BCUT2D eigenvalue weighted by atomic mass is 9.95. The molecule has 3 heterocycles. The first kappa shape index (κ1) is 32.3. The van der Waals surface area contributed by atoms with E-state index >= 15 is 0 Å². The van der Waals surface area contributed by atoms with Gasteiger partial charge in [0, 0.05) is 37.7 Å². The number of hydrogen-bond donors (Lipinski definition) is 3. The molecule has 0 radical (unpaired) electrons. The zero-order valence-corrected chi connectivity index (χ0v) is 26.6. The second kappa shape index (κ2) is 13.5. The Kier molecular flexibility index (Phi) is 9.67. The van der Waals surface area contributed by atoms with Gasteiger partial charge in [-0.3, -0.25) is 24.2 Å². The van der Waals surface area contributed by atoms with Gasteiger partial charge < -0.3 is 25.4 Å². The molecule has 2 saturated heterocycles. The summed E-state index contributed by atoms with van der Waals surface area (Å²) in [5.41, 5.74) is 1.09. The number of piperazine rings is 1. The fraction of sp³-hybridized carbons (Fsp3) is 0.529. The first-order valence-electron chi connectivity index (χ1n) is 15.8. The van der Waals surface area contributed by atoms with Crippen molar-refractivity contribution in [2.24, 2.45) is 5.41 Å². The van der Waals surface area contributed by atoms with Crippen LogP contribution in [0.3, 0.4) is 0 Å². The number of ether oxygens (including phenoxy) is 1.